The fourth-order valence-corrected chi connectivity index (χ4v) is 1.90. The Labute approximate surface area is 94.5 Å². The third-order valence-electron chi connectivity index (χ3n) is 2.06. The number of aryl methyl sites for hydroxylation is 1. The summed E-state index contributed by atoms with van der Waals surface area (Å²) in [6.07, 6.45) is 1.93. The van der Waals surface area contributed by atoms with Crippen molar-refractivity contribution in [1.29, 1.82) is 5.26 Å². The molecule has 0 saturated carbocycles. The van der Waals surface area contributed by atoms with E-state index in [9.17, 15) is 0 Å². The summed E-state index contributed by atoms with van der Waals surface area (Å²) in [5.74, 6) is 1.80. The second-order valence-corrected chi connectivity index (χ2v) is 5.21. The van der Waals surface area contributed by atoms with Crippen LogP contribution in [0.2, 0.25) is 0 Å². The van der Waals surface area contributed by atoms with Gasteiger partial charge in [0.05, 0.1) is 11.5 Å². The van der Waals surface area contributed by atoms with E-state index in [1.807, 2.05) is 20.8 Å². The fraction of sp³-hybridized carbons (Fsp3) is 0.700. The van der Waals surface area contributed by atoms with Crippen molar-refractivity contribution in [3.63, 3.8) is 0 Å². The molecule has 5 heteroatoms. The first-order chi connectivity index (χ1) is 7.03. The highest BCUT2D eigenvalue weighted by atomic mass is 32.2. The lowest BCUT2D eigenvalue weighted by Crippen LogP contribution is -2.07. The molecule has 1 aromatic heterocycles. The number of nitrogens with one attached hydrogen (secondary N) is 1. The summed E-state index contributed by atoms with van der Waals surface area (Å²) in [4.78, 5) is 4.20. The minimum absolute atomic E-state index is 0.213. The number of rotatable bonds is 5. The Kier molecular flexibility index (Phi) is 4.15. The lowest BCUT2D eigenvalue weighted by molar-refractivity contribution is 0.447. The molecule has 1 N–H and O–H groups in total. The van der Waals surface area contributed by atoms with Crippen LogP contribution in [0.25, 0.3) is 0 Å². The number of aromatic amines is 1. The van der Waals surface area contributed by atoms with Crippen LogP contribution in [0.4, 0.5) is 0 Å². The number of aromatic nitrogens is 3. The van der Waals surface area contributed by atoms with Crippen molar-refractivity contribution in [2.75, 3.05) is 5.75 Å². The van der Waals surface area contributed by atoms with Crippen molar-refractivity contribution in [2.45, 2.75) is 38.8 Å². The summed E-state index contributed by atoms with van der Waals surface area (Å²) >= 11 is 1.63. The third-order valence-corrected chi connectivity index (χ3v) is 2.99. The summed E-state index contributed by atoms with van der Waals surface area (Å²) < 4.78 is 0. The van der Waals surface area contributed by atoms with Gasteiger partial charge in [-0.2, -0.15) is 5.26 Å². The van der Waals surface area contributed by atoms with E-state index >= 15 is 0 Å². The van der Waals surface area contributed by atoms with Crippen LogP contribution in [0.3, 0.4) is 0 Å². The van der Waals surface area contributed by atoms with Gasteiger partial charge in [-0.25, -0.2) is 4.98 Å². The first-order valence-electron chi connectivity index (χ1n) is 4.96. The van der Waals surface area contributed by atoms with E-state index in [1.54, 1.807) is 11.8 Å². The molecule has 15 heavy (non-hydrogen) atoms. The van der Waals surface area contributed by atoms with Crippen molar-refractivity contribution in [1.82, 2.24) is 15.2 Å². The average molecular weight is 224 g/mol. The summed E-state index contributed by atoms with van der Waals surface area (Å²) in [6, 6.07) is 2.30. The summed E-state index contributed by atoms with van der Waals surface area (Å²) in [5.41, 5.74) is -0.213. The van der Waals surface area contributed by atoms with Gasteiger partial charge in [-0.3, -0.25) is 5.10 Å². The SMILES string of the molecule is Cc1nc(SCCCC(C)(C)C#N)n[nH]1. The van der Waals surface area contributed by atoms with Crippen LogP contribution in [0.1, 0.15) is 32.5 Å². The quantitative estimate of drug-likeness (QED) is 0.616. The number of nitrogens with zero attached hydrogens (tertiary/aromatic N) is 3. The highest BCUT2D eigenvalue weighted by molar-refractivity contribution is 7.99. The van der Waals surface area contributed by atoms with Gasteiger partial charge in [-0.1, -0.05) is 11.8 Å². The number of thioether (sulfide) groups is 1. The zero-order valence-corrected chi connectivity index (χ0v) is 10.2. The van der Waals surface area contributed by atoms with Gasteiger partial charge >= 0.3 is 0 Å². The Balaban J connectivity index is 2.21. The maximum atomic E-state index is 8.83. The number of nitriles is 1. The van der Waals surface area contributed by atoms with E-state index in [-0.39, 0.29) is 5.41 Å². The summed E-state index contributed by atoms with van der Waals surface area (Å²) in [7, 11) is 0. The van der Waals surface area contributed by atoms with Gasteiger partial charge in [0, 0.05) is 5.75 Å². The molecule has 0 bridgehead atoms. The minimum atomic E-state index is -0.213. The van der Waals surface area contributed by atoms with E-state index in [0.717, 1.165) is 29.6 Å². The second kappa shape index (κ2) is 5.17. The molecule has 1 heterocycles. The van der Waals surface area contributed by atoms with Crippen LogP contribution in [0, 0.1) is 23.7 Å². The van der Waals surface area contributed by atoms with Gasteiger partial charge in [0.1, 0.15) is 5.82 Å². The minimum Gasteiger partial charge on any atom is -0.262 e. The molecule has 1 aromatic rings. The number of hydrogen-bond donors (Lipinski definition) is 1. The molecule has 0 aliphatic heterocycles. The molecule has 4 nitrogen and oxygen atoms in total. The van der Waals surface area contributed by atoms with Crippen LogP contribution in [0.5, 0.6) is 0 Å². The number of H-pyrrole nitrogens is 1. The average Bonchev–Trinajstić information content (AvgIpc) is 2.59. The molecule has 1 rings (SSSR count). The Morgan fingerprint density at radius 3 is 2.80 bits per heavy atom. The second-order valence-electron chi connectivity index (χ2n) is 4.15. The molecule has 0 aromatic carbocycles. The van der Waals surface area contributed by atoms with Crippen molar-refractivity contribution < 1.29 is 0 Å². The molecule has 0 aliphatic carbocycles. The standard InChI is InChI=1S/C10H16N4S/c1-8-12-9(14-13-8)15-6-4-5-10(2,3)7-11/h4-6H2,1-3H3,(H,12,13,14). The molecule has 0 spiro atoms. The number of hydrogen-bond acceptors (Lipinski definition) is 4. The lowest BCUT2D eigenvalue weighted by Gasteiger charge is -2.13. The topological polar surface area (TPSA) is 65.4 Å². The summed E-state index contributed by atoms with van der Waals surface area (Å²) in [5, 5.41) is 16.5. The maximum Gasteiger partial charge on any atom is 0.208 e. The first kappa shape index (κ1) is 12.1. The monoisotopic (exact) mass is 224 g/mol. The van der Waals surface area contributed by atoms with E-state index in [0.29, 0.717) is 0 Å². The molecule has 0 atom stereocenters. The van der Waals surface area contributed by atoms with E-state index in [1.165, 1.54) is 0 Å². The van der Waals surface area contributed by atoms with Crippen LogP contribution >= 0.6 is 11.8 Å². The van der Waals surface area contributed by atoms with Gasteiger partial charge in [0.15, 0.2) is 0 Å². The molecular weight excluding hydrogens is 208 g/mol. The third kappa shape index (κ3) is 4.34. The highest BCUT2D eigenvalue weighted by Crippen LogP contribution is 2.23. The van der Waals surface area contributed by atoms with Gasteiger partial charge in [0.2, 0.25) is 5.16 Å². The van der Waals surface area contributed by atoms with E-state index in [4.69, 9.17) is 5.26 Å². The Morgan fingerprint density at radius 2 is 2.27 bits per heavy atom. The van der Waals surface area contributed by atoms with Gasteiger partial charge < -0.3 is 0 Å². The van der Waals surface area contributed by atoms with E-state index < -0.39 is 0 Å². The van der Waals surface area contributed by atoms with Gasteiger partial charge in [-0.05, 0) is 33.6 Å². The molecule has 0 aliphatic rings. The molecule has 0 unspecified atom stereocenters. The molecule has 0 fully saturated rings. The zero-order chi connectivity index (χ0) is 11.3. The zero-order valence-electron chi connectivity index (χ0n) is 9.37. The predicted molar refractivity (Wildman–Crippen MR) is 60.5 cm³/mol. The lowest BCUT2D eigenvalue weighted by atomic mass is 9.90. The normalized spacial score (nSPS) is 11.3. The van der Waals surface area contributed by atoms with Crippen molar-refractivity contribution in [2.24, 2.45) is 5.41 Å². The fourth-order valence-electron chi connectivity index (χ4n) is 1.12. The molecule has 0 amide bonds. The maximum absolute atomic E-state index is 8.83. The molecule has 0 radical (unpaired) electrons. The van der Waals surface area contributed by atoms with Crippen LogP contribution in [0.15, 0.2) is 5.16 Å². The predicted octanol–water partition coefficient (Wildman–Crippen LogP) is 2.54. The van der Waals surface area contributed by atoms with Crippen LogP contribution in [-0.2, 0) is 0 Å². The van der Waals surface area contributed by atoms with Crippen LogP contribution in [-0.4, -0.2) is 20.9 Å². The van der Waals surface area contributed by atoms with Gasteiger partial charge in [-0.15, -0.1) is 5.10 Å². The molecular formula is C10H16N4S. The molecule has 82 valence electrons. The Hall–Kier alpha value is -1.02. The van der Waals surface area contributed by atoms with Crippen molar-refractivity contribution in [3.8, 4) is 6.07 Å². The summed E-state index contributed by atoms with van der Waals surface area (Å²) in [6.45, 7) is 5.82. The highest BCUT2D eigenvalue weighted by Gasteiger charge is 2.15. The molecule has 0 saturated heterocycles. The van der Waals surface area contributed by atoms with Crippen molar-refractivity contribution >= 4 is 11.8 Å². The Morgan fingerprint density at radius 1 is 1.53 bits per heavy atom. The largest absolute Gasteiger partial charge is 0.262 e. The smallest absolute Gasteiger partial charge is 0.208 e. The Bertz CT molecular complexity index is 351. The van der Waals surface area contributed by atoms with Gasteiger partial charge in [0.25, 0.3) is 0 Å². The van der Waals surface area contributed by atoms with E-state index in [2.05, 4.69) is 21.3 Å². The van der Waals surface area contributed by atoms with Crippen molar-refractivity contribution in [3.05, 3.63) is 5.82 Å². The first-order valence-corrected chi connectivity index (χ1v) is 5.95. The van der Waals surface area contributed by atoms with Crippen LogP contribution < -0.4 is 0 Å².